The van der Waals surface area contributed by atoms with Crippen molar-refractivity contribution in [3.8, 4) is 22.6 Å². The van der Waals surface area contributed by atoms with Gasteiger partial charge in [-0.05, 0) is 35.7 Å². The van der Waals surface area contributed by atoms with Crippen molar-refractivity contribution >= 4 is 5.97 Å². The molecule has 2 rings (SSSR count). The van der Waals surface area contributed by atoms with E-state index in [-0.39, 0.29) is 24.6 Å². The molecule has 174 valence electrons. The third-order valence-electron chi connectivity index (χ3n) is 4.83. The summed E-state index contributed by atoms with van der Waals surface area (Å²) in [5.41, 5.74) is 1.95. The first kappa shape index (κ1) is 25.5. The molecule has 0 heterocycles. The highest BCUT2D eigenvalue weighted by Gasteiger charge is 2.22. The number of rotatable bonds is 12. The molecule has 0 aromatic heterocycles. The van der Waals surface area contributed by atoms with Gasteiger partial charge in [0.2, 0.25) is 0 Å². The molecular weight excluding hydrogens is 415 g/mol. The quantitative estimate of drug-likeness (QED) is 0.220. The van der Waals surface area contributed by atoms with Crippen LogP contribution in [0.15, 0.2) is 49.1 Å². The Morgan fingerprint density at radius 2 is 1.84 bits per heavy atom. The van der Waals surface area contributed by atoms with E-state index in [0.717, 1.165) is 5.56 Å². The second-order valence-corrected chi connectivity index (χ2v) is 7.76. The van der Waals surface area contributed by atoms with Crippen LogP contribution in [-0.2, 0) is 9.53 Å². The van der Waals surface area contributed by atoms with Gasteiger partial charge >= 0.3 is 5.97 Å². The molecule has 0 aliphatic carbocycles. The SMILES string of the molecule is C=CC(O)CC(O)CC(=O)Oc1c(-c2ccc(F)cc2)cc(OCCOC)cc1C(C)C. The summed E-state index contributed by atoms with van der Waals surface area (Å²) in [5, 5.41) is 19.7. The van der Waals surface area contributed by atoms with Crippen molar-refractivity contribution in [1.82, 2.24) is 0 Å². The van der Waals surface area contributed by atoms with Crippen molar-refractivity contribution in [3.63, 3.8) is 0 Å². The van der Waals surface area contributed by atoms with E-state index in [1.54, 1.807) is 31.4 Å². The van der Waals surface area contributed by atoms with E-state index in [1.807, 2.05) is 13.8 Å². The summed E-state index contributed by atoms with van der Waals surface area (Å²) in [6.07, 6.45) is -1.02. The van der Waals surface area contributed by atoms with Crippen molar-refractivity contribution in [3.05, 3.63) is 60.4 Å². The summed E-state index contributed by atoms with van der Waals surface area (Å²) in [7, 11) is 1.58. The Bertz CT molecular complexity index is 894. The van der Waals surface area contributed by atoms with Crippen LogP contribution in [0, 0.1) is 5.82 Å². The lowest BCUT2D eigenvalue weighted by atomic mass is 9.95. The Hall–Kier alpha value is -2.74. The lowest BCUT2D eigenvalue weighted by molar-refractivity contribution is -0.136. The molecule has 0 saturated heterocycles. The first-order chi connectivity index (χ1) is 15.2. The van der Waals surface area contributed by atoms with Gasteiger partial charge in [-0.15, -0.1) is 6.58 Å². The van der Waals surface area contributed by atoms with Gasteiger partial charge in [0.25, 0.3) is 0 Å². The van der Waals surface area contributed by atoms with Crippen LogP contribution in [0.4, 0.5) is 4.39 Å². The lowest BCUT2D eigenvalue weighted by Crippen LogP contribution is -2.22. The number of aliphatic hydroxyl groups is 2. The fourth-order valence-electron chi connectivity index (χ4n) is 3.14. The number of carbonyl (C=O) groups is 1. The van der Waals surface area contributed by atoms with E-state index < -0.39 is 18.2 Å². The van der Waals surface area contributed by atoms with E-state index in [4.69, 9.17) is 14.2 Å². The zero-order chi connectivity index (χ0) is 23.7. The van der Waals surface area contributed by atoms with Crippen LogP contribution in [0.2, 0.25) is 0 Å². The number of carbonyl (C=O) groups excluding carboxylic acids is 1. The van der Waals surface area contributed by atoms with Gasteiger partial charge in [-0.25, -0.2) is 4.39 Å². The maximum Gasteiger partial charge on any atom is 0.313 e. The first-order valence-corrected chi connectivity index (χ1v) is 10.5. The molecule has 6 nitrogen and oxygen atoms in total. The highest BCUT2D eigenvalue weighted by molar-refractivity contribution is 5.80. The molecular formula is C25H31FO6. The molecule has 0 radical (unpaired) electrons. The molecule has 0 saturated carbocycles. The normalized spacial score (nSPS) is 13.0. The maximum atomic E-state index is 13.5. The molecule has 0 fully saturated rings. The van der Waals surface area contributed by atoms with Crippen LogP contribution in [0.3, 0.4) is 0 Å². The van der Waals surface area contributed by atoms with Crippen molar-refractivity contribution in [1.29, 1.82) is 0 Å². The minimum absolute atomic E-state index is 0.0181. The van der Waals surface area contributed by atoms with E-state index >= 15 is 0 Å². The number of benzene rings is 2. The monoisotopic (exact) mass is 446 g/mol. The van der Waals surface area contributed by atoms with Gasteiger partial charge < -0.3 is 24.4 Å². The minimum Gasteiger partial charge on any atom is -0.491 e. The van der Waals surface area contributed by atoms with Crippen molar-refractivity contribution < 1.29 is 33.6 Å². The van der Waals surface area contributed by atoms with Gasteiger partial charge in [0, 0.05) is 24.7 Å². The van der Waals surface area contributed by atoms with Gasteiger partial charge in [-0.2, -0.15) is 0 Å². The van der Waals surface area contributed by atoms with Crippen molar-refractivity contribution in [2.75, 3.05) is 20.3 Å². The Morgan fingerprint density at radius 1 is 1.16 bits per heavy atom. The third-order valence-corrected chi connectivity index (χ3v) is 4.83. The Labute approximate surface area is 188 Å². The molecule has 0 aliphatic rings. The predicted octanol–water partition coefficient (Wildman–Crippen LogP) is 4.23. The van der Waals surface area contributed by atoms with Gasteiger partial charge in [0.15, 0.2) is 0 Å². The van der Waals surface area contributed by atoms with E-state index in [1.165, 1.54) is 18.2 Å². The molecule has 2 unspecified atom stereocenters. The molecule has 0 bridgehead atoms. The van der Waals surface area contributed by atoms with Gasteiger partial charge in [-0.1, -0.05) is 32.1 Å². The Morgan fingerprint density at radius 3 is 2.44 bits per heavy atom. The number of methoxy groups -OCH3 is 1. The standard InChI is InChI=1S/C25H31FO6/c1-5-19(27)12-20(28)13-24(29)32-25-22(16(2)3)14-21(31-11-10-30-4)15-23(25)17-6-8-18(26)9-7-17/h5-9,14-16,19-20,27-28H,1,10-13H2,2-4H3. The fraction of sp³-hybridized carbons (Fsp3) is 0.400. The predicted molar refractivity (Wildman–Crippen MR) is 120 cm³/mol. The number of esters is 1. The van der Waals surface area contributed by atoms with Crippen LogP contribution >= 0.6 is 0 Å². The number of halogens is 1. The minimum atomic E-state index is -1.08. The van der Waals surface area contributed by atoms with Crippen molar-refractivity contribution in [2.24, 2.45) is 0 Å². The second kappa shape index (κ2) is 12.3. The molecule has 2 aromatic rings. The first-order valence-electron chi connectivity index (χ1n) is 10.5. The van der Waals surface area contributed by atoms with Gasteiger partial charge in [0.1, 0.15) is 23.9 Å². The maximum absolute atomic E-state index is 13.5. The van der Waals surface area contributed by atoms with Crippen LogP contribution in [0.5, 0.6) is 11.5 Å². The van der Waals surface area contributed by atoms with Crippen LogP contribution in [0.25, 0.3) is 11.1 Å². The molecule has 0 spiro atoms. The zero-order valence-corrected chi connectivity index (χ0v) is 18.7. The highest BCUT2D eigenvalue weighted by atomic mass is 19.1. The number of aliphatic hydroxyl groups excluding tert-OH is 2. The van der Waals surface area contributed by atoms with E-state index in [9.17, 15) is 19.4 Å². The average molecular weight is 447 g/mol. The molecule has 2 N–H and O–H groups in total. The summed E-state index contributed by atoms with van der Waals surface area (Å²) in [6.45, 7) is 8.11. The second-order valence-electron chi connectivity index (χ2n) is 7.76. The van der Waals surface area contributed by atoms with Gasteiger partial charge in [-0.3, -0.25) is 4.79 Å². The fourth-order valence-corrected chi connectivity index (χ4v) is 3.14. The smallest absolute Gasteiger partial charge is 0.313 e. The number of hydrogen-bond donors (Lipinski definition) is 2. The lowest BCUT2D eigenvalue weighted by Gasteiger charge is -2.20. The molecule has 7 heteroatoms. The summed E-state index contributed by atoms with van der Waals surface area (Å²) in [5.74, 6) is -0.151. The molecule has 0 amide bonds. The van der Waals surface area contributed by atoms with E-state index in [0.29, 0.717) is 35.8 Å². The summed E-state index contributed by atoms with van der Waals surface area (Å²) >= 11 is 0. The summed E-state index contributed by atoms with van der Waals surface area (Å²) < 4.78 is 30.0. The molecule has 32 heavy (non-hydrogen) atoms. The number of ether oxygens (including phenoxy) is 3. The van der Waals surface area contributed by atoms with Crippen LogP contribution in [-0.4, -0.2) is 48.7 Å². The number of hydrogen-bond acceptors (Lipinski definition) is 6. The van der Waals surface area contributed by atoms with Gasteiger partial charge in [0.05, 0.1) is 25.2 Å². The average Bonchev–Trinajstić information content (AvgIpc) is 2.74. The van der Waals surface area contributed by atoms with E-state index in [2.05, 4.69) is 6.58 Å². The molecule has 2 atom stereocenters. The Balaban J connectivity index is 2.42. The summed E-state index contributed by atoms with van der Waals surface area (Å²) in [4.78, 5) is 12.6. The van der Waals surface area contributed by atoms with Crippen LogP contribution < -0.4 is 9.47 Å². The van der Waals surface area contributed by atoms with Crippen molar-refractivity contribution in [2.45, 2.75) is 44.8 Å². The third kappa shape index (κ3) is 7.44. The highest BCUT2D eigenvalue weighted by Crippen LogP contribution is 2.41. The largest absolute Gasteiger partial charge is 0.491 e. The molecule has 2 aromatic carbocycles. The van der Waals surface area contributed by atoms with Crippen LogP contribution in [0.1, 0.15) is 38.2 Å². The Kier molecular flexibility index (Phi) is 9.84. The topological polar surface area (TPSA) is 85.2 Å². The summed E-state index contributed by atoms with van der Waals surface area (Å²) in [6, 6.07) is 9.38. The molecule has 0 aliphatic heterocycles. The zero-order valence-electron chi connectivity index (χ0n) is 18.7.